The molecule has 0 spiro atoms. The molecule has 0 radical (unpaired) electrons. The molecule has 1 heterocycles. The summed E-state index contributed by atoms with van der Waals surface area (Å²) in [4.78, 5) is 11.7. The summed E-state index contributed by atoms with van der Waals surface area (Å²) in [5.74, 6) is -0.131. The maximum absolute atomic E-state index is 11.7. The topological polar surface area (TPSA) is 47.6 Å². The van der Waals surface area contributed by atoms with E-state index < -0.39 is 0 Å². The van der Waals surface area contributed by atoms with Crippen LogP contribution in [0, 0.1) is 6.92 Å². The standard InChI is InChI=1S/C15H21NO3/c1-12-4-2-3-5-14(12)16-9-6-15(17)19-13-7-10-18-11-8-13/h2-5,13,16H,6-11H2,1H3. The van der Waals surface area contributed by atoms with Crippen LogP contribution in [0.15, 0.2) is 24.3 Å². The van der Waals surface area contributed by atoms with E-state index >= 15 is 0 Å². The van der Waals surface area contributed by atoms with Crippen LogP contribution in [-0.4, -0.2) is 31.8 Å². The number of rotatable bonds is 5. The van der Waals surface area contributed by atoms with Gasteiger partial charge in [0.25, 0.3) is 0 Å². The van der Waals surface area contributed by atoms with Crippen molar-refractivity contribution in [2.75, 3.05) is 25.1 Å². The van der Waals surface area contributed by atoms with Crippen molar-refractivity contribution in [1.82, 2.24) is 0 Å². The van der Waals surface area contributed by atoms with Gasteiger partial charge in [0, 0.05) is 25.1 Å². The Kier molecular flexibility index (Phi) is 5.21. The summed E-state index contributed by atoms with van der Waals surface area (Å²) in [5.41, 5.74) is 2.25. The molecule has 1 aromatic rings. The van der Waals surface area contributed by atoms with Gasteiger partial charge in [-0.1, -0.05) is 18.2 Å². The van der Waals surface area contributed by atoms with Crippen molar-refractivity contribution in [3.8, 4) is 0 Å². The number of carbonyl (C=O) groups excluding carboxylic acids is 1. The maximum atomic E-state index is 11.7. The van der Waals surface area contributed by atoms with Gasteiger partial charge in [-0.25, -0.2) is 0 Å². The highest BCUT2D eigenvalue weighted by atomic mass is 16.6. The second kappa shape index (κ2) is 7.14. The summed E-state index contributed by atoms with van der Waals surface area (Å²) in [6, 6.07) is 8.04. The van der Waals surface area contributed by atoms with Crippen molar-refractivity contribution < 1.29 is 14.3 Å². The van der Waals surface area contributed by atoms with Gasteiger partial charge in [-0.15, -0.1) is 0 Å². The molecule has 1 saturated heterocycles. The highest BCUT2D eigenvalue weighted by Gasteiger charge is 2.17. The third-order valence-electron chi connectivity index (χ3n) is 3.26. The molecule has 2 rings (SSSR count). The van der Waals surface area contributed by atoms with Crippen molar-refractivity contribution in [3.05, 3.63) is 29.8 Å². The Bertz CT molecular complexity index is 414. The smallest absolute Gasteiger partial charge is 0.307 e. The highest BCUT2D eigenvalue weighted by molar-refractivity contribution is 5.70. The minimum Gasteiger partial charge on any atom is -0.462 e. The van der Waals surface area contributed by atoms with Gasteiger partial charge in [-0.2, -0.15) is 0 Å². The van der Waals surface area contributed by atoms with Gasteiger partial charge in [0.05, 0.1) is 19.6 Å². The number of nitrogens with one attached hydrogen (secondary N) is 1. The Balaban J connectivity index is 1.67. The molecule has 1 fully saturated rings. The van der Waals surface area contributed by atoms with Gasteiger partial charge in [0.2, 0.25) is 0 Å². The van der Waals surface area contributed by atoms with Gasteiger partial charge >= 0.3 is 5.97 Å². The summed E-state index contributed by atoms with van der Waals surface area (Å²) in [5, 5.41) is 3.26. The van der Waals surface area contributed by atoms with E-state index in [4.69, 9.17) is 9.47 Å². The van der Waals surface area contributed by atoms with Gasteiger partial charge in [-0.3, -0.25) is 4.79 Å². The minimum atomic E-state index is -0.131. The molecule has 0 aliphatic carbocycles. The van der Waals surface area contributed by atoms with Gasteiger partial charge in [0.15, 0.2) is 0 Å². The lowest BCUT2D eigenvalue weighted by Crippen LogP contribution is -2.26. The van der Waals surface area contributed by atoms with E-state index in [1.807, 2.05) is 31.2 Å². The summed E-state index contributed by atoms with van der Waals surface area (Å²) < 4.78 is 10.6. The number of ether oxygens (including phenoxy) is 2. The van der Waals surface area contributed by atoms with Crippen LogP contribution in [0.4, 0.5) is 5.69 Å². The molecule has 4 heteroatoms. The Morgan fingerprint density at radius 1 is 1.37 bits per heavy atom. The number of para-hydroxylation sites is 1. The SMILES string of the molecule is Cc1ccccc1NCCC(=O)OC1CCOCC1. The molecular weight excluding hydrogens is 242 g/mol. The van der Waals surface area contributed by atoms with Crippen LogP contribution in [0.3, 0.4) is 0 Å². The number of benzene rings is 1. The van der Waals surface area contributed by atoms with E-state index in [2.05, 4.69) is 5.32 Å². The number of hydrogen-bond donors (Lipinski definition) is 1. The summed E-state index contributed by atoms with van der Waals surface area (Å²) in [7, 11) is 0. The quantitative estimate of drug-likeness (QED) is 0.829. The van der Waals surface area contributed by atoms with E-state index in [1.54, 1.807) is 0 Å². The maximum Gasteiger partial charge on any atom is 0.307 e. The second-order valence-corrected chi connectivity index (χ2v) is 4.79. The lowest BCUT2D eigenvalue weighted by molar-refractivity contribution is -0.152. The van der Waals surface area contributed by atoms with Crippen LogP contribution in [-0.2, 0) is 14.3 Å². The predicted octanol–water partition coefficient (Wildman–Crippen LogP) is 2.52. The van der Waals surface area contributed by atoms with Crippen molar-refractivity contribution in [3.63, 3.8) is 0 Å². The summed E-state index contributed by atoms with van der Waals surface area (Å²) in [6.45, 7) is 4.04. The van der Waals surface area contributed by atoms with Gasteiger partial charge in [-0.05, 0) is 18.6 Å². The number of anilines is 1. The zero-order valence-corrected chi connectivity index (χ0v) is 11.4. The largest absolute Gasteiger partial charge is 0.462 e. The van der Waals surface area contributed by atoms with Crippen LogP contribution < -0.4 is 5.32 Å². The third kappa shape index (κ3) is 4.56. The van der Waals surface area contributed by atoms with Crippen molar-refractivity contribution >= 4 is 11.7 Å². The summed E-state index contributed by atoms with van der Waals surface area (Å²) >= 11 is 0. The zero-order valence-electron chi connectivity index (χ0n) is 11.4. The minimum absolute atomic E-state index is 0.0414. The lowest BCUT2D eigenvalue weighted by atomic mass is 10.1. The first-order valence-electron chi connectivity index (χ1n) is 6.82. The number of aryl methyl sites for hydroxylation is 1. The molecule has 0 unspecified atom stereocenters. The number of esters is 1. The Labute approximate surface area is 114 Å². The van der Waals surface area contributed by atoms with Crippen LogP contribution in [0.25, 0.3) is 0 Å². The lowest BCUT2D eigenvalue weighted by Gasteiger charge is -2.22. The van der Waals surface area contributed by atoms with Gasteiger partial charge < -0.3 is 14.8 Å². The fourth-order valence-electron chi connectivity index (χ4n) is 2.11. The van der Waals surface area contributed by atoms with Crippen molar-refractivity contribution in [2.24, 2.45) is 0 Å². The molecule has 0 bridgehead atoms. The first-order chi connectivity index (χ1) is 9.25. The highest BCUT2D eigenvalue weighted by Crippen LogP contribution is 2.14. The monoisotopic (exact) mass is 263 g/mol. The molecule has 0 saturated carbocycles. The van der Waals surface area contributed by atoms with E-state index in [0.29, 0.717) is 26.2 Å². The first-order valence-corrected chi connectivity index (χ1v) is 6.82. The average Bonchev–Trinajstić information content (AvgIpc) is 2.42. The van der Waals surface area contributed by atoms with Crippen molar-refractivity contribution in [2.45, 2.75) is 32.3 Å². The molecule has 0 atom stereocenters. The second-order valence-electron chi connectivity index (χ2n) is 4.79. The molecule has 1 aromatic carbocycles. The predicted molar refractivity (Wildman–Crippen MR) is 74.2 cm³/mol. The Morgan fingerprint density at radius 3 is 2.84 bits per heavy atom. The molecule has 1 N–H and O–H groups in total. The van der Waals surface area contributed by atoms with Crippen LogP contribution >= 0.6 is 0 Å². The fraction of sp³-hybridized carbons (Fsp3) is 0.533. The average molecular weight is 263 g/mol. The van der Waals surface area contributed by atoms with Crippen LogP contribution in [0.1, 0.15) is 24.8 Å². The Morgan fingerprint density at radius 2 is 2.11 bits per heavy atom. The normalized spacial score (nSPS) is 16.1. The van der Waals surface area contributed by atoms with E-state index in [9.17, 15) is 4.79 Å². The number of hydrogen-bond acceptors (Lipinski definition) is 4. The van der Waals surface area contributed by atoms with E-state index in [1.165, 1.54) is 5.56 Å². The van der Waals surface area contributed by atoms with Crippen molar-refractivity contribution in [1.29, 1.82) is 0 Å². The number of carbonyl (C=O) groups is 1. The molecule has 0 amide bonds. The zero-order chi connectivity index (χ0) is 13.5. The Hall–Kier alpha value is -1.55. The molecule has 1 aliphatic rings. The molecule has 4 nitrogen and oxygen atoms in total. The summed E-state index contributed by atoms with van der Waals surface area (Å²) in [6.07, 6.45) is 2.07. The molecule has 104 valence electrons. The van der Waals surface area contributed by atoms with Crippen LogP contribution in [0.2, 0.25) is 0 Å². The van der Waals surface area contributed by atoms with E-state index in [-0.39, 0.29) is 12.1 Å². The first kappa shape index (κ1) is 13.9. The molecular formula is C15H21NO3. The molecule has 19 heavy (non-hydrogen) atoms. The van der Waals surface area contributed by atoms with E-state index in [0.717, 1.165) is 18.5 Å². The molecule has 1 aliphatic heterocycles. The van der Waals surface area contributed by atoms with Gasteiger partial charge in [0.1, 0.15) is 6.10 Å². The van der Waals surface area contributed by atoms with Crippen LogP contribution in [0.5, 0.6) is 0 Å². The third-order valence-corrected chi connectivity index (χ3v) is 3.26. The molecule has 0 aromatic heterocycles. The fourth-order valence-corrected chi connectivity index (χ4v) is 2.11.